The number of thioether (sulfide) groups is 1. The van der Waals surface area contributed by atoms with E-state index in [-0.39, 0.29) is 40.9 Å². The van der Waals surface area contributed by atoms with Gasteiger partial charge in [-0.2, -0.15) is 0 Å². The summed E-state index contributed by atoms with van der Waals surface area (Å²) in [5.74, 6) is -1.51. The summed E-state index contributed by atoms with van der Waals surface area (Å²) in [6, 6.07) is 7.93. The van der Waals surface area contributed by atoms with Gasteiger partial charge >= 0.3 is 0 Å². The number of benzene rings is 1. The van der Waals surface area contributed by atoms with Crippen LogP contribution >= 0.6 is 11.8 Å². The van der Waals surface area contributed by atoms with E-state index < -0.39 is 34.2 Å². The second-order valence-corrected chi connectivity index (χ2v) is 16.3. The lowest BCUT2D eigenvalue weighted by Crippen LogP contribution is -2.62. The minimum absolute atomic E-state index is 0.0271. The molecule has 7 atom stereocenters. The van der Waals surface area contributed by atoms with Crippen LogP contribution in [-0.2, 0) is 14.4 Å². The lowest BCUT2D eigenvalue weighted by molar-refractivity contribution is -0.149. The number of carbonyl (C=O) groups excluding carboxylic acids is 3. The third-order valence-corrected chi connectivity index (χ3v) is 11.9. The van der Waals surface area contributed by atoms with E-state index in [1.54, 1.807) is 28.8 Å². The number of hydrogen-bond acceptors (Lipinski definition) is 5. The standard InChI is InChI=1S/C36H53N3O4S/c1-10-18-37(19-11-2)31(41)28-27-21-24(4)36(44-27)29(28)32(42)39(26(22-40)25-16-14-13-15-17-25)30(36)33(43)38(20-12-3)35(8,9)23-34(5,6)7/h10,12-17,24,26-30,40H,1,3,11,18-23H2,2,4-9H3/t24?,26-,27+,28-,29+,30?,36?/m1/s1. The van der Waals surface area contributed by atoms with Crippen molar-refractivity contribution in [2.75, 3.05) is 26.2 Å². The van der Waals surface area contributed by atoms with Crippen molar-refractivity contribution < 1.29 is 19.5 Å². The van der Waals surface area contributed by atoms with Gasteiger partial charge in [-0.3, -0.25) is 14.4 Å². The van der Waals surface area contributed by atoms with Crippen LogP contribution in [0.15, 0.2) is 55.6 Å². The summed E-state index contributed by atoms with van der Waals surface area (Å²) in [6.07, 6.45) is 5.81. The number of carbonyl (C=O) groups is 3. The molecule has 8 heteroatoms. The first-order valence-electron chi connectivity index (χ1n) is 16.2. The molecule has 3 fully saturated rings. The zero-order valence-electron chi connectivity index (χ0n) is 27.8. The first kappa shape index (κ1) is 34.3. The molecule has 0 aromatic heterocycles. The van der Waals surface area contributed by atoms with Gasteiger partial charge in [0, 0.05) is 30.4 Å². The van der Waals surface area contributed by atoms with Crippen LogP contribution in [-0.4, -0.2) is 85.3 Å². The summed E-state index contributed by atoms with van der Waals surface area (Å²) >= 11 is 1.68. The van der Waals surface area contributed by atoms with E-state index in [0.717, 1.165) is 24.8 Å². The lowest BCUT2D eigenvalue weighted by Gasteiger charge is -2.47. The molecule has 3 saturated heterocycles. The van der Waals surface area contributed by atoms with Crippen LogP contribution in [0.4, 0.5) is 0 Å². The maximum Gasteiger partial charge on any atom is 0.247 e. The average molecular weight is 624 g/mol. The minimum atomic E-state index is -0.835. The number of rotatable bonds is 13. The topological polar surface area (TPSA) is 81.2 Å². The van der Waals surface area contributed by atoms with Crippen molar-refractivity contribution in [3.05, 3.63) is 61.2 Å². The molecule has 4 rings (SSSR count). The van der Waals surface area contributed by atoms with Crippen LogP contribution in [0, 0.1) is 23.2 Å². The van der Waals surface area contributed by atoms with E-state index in [2.05, 4.69) is 54.7 Å². The van der Waals surface area contributed by atoms with Gasteiger partial charge in [-0.15, -0.1) is 24.9 Å². The molecule has 1 aromatic rings. The number of nitrogens with zero attached hydrogens (tertiary/aromatic N) is 3. The molecule has 0 radical (unpaired) electrons. The van der Waals surface area contributed by atoms with Crippen molar-refractivity contribution in [1.29, 1.82) is 0 Å². The number of amides is 3. The fraction of sp³-hybridized carbons (Fsp3) is 0.639. The second-order valence-electron chi connectivity index (χ2n) is 14.8. The lowest BCUT2D eigenvalue weighted by atomic mass is 9.65. The van der Waals surface area contributed by atoms with Gasteiger partial charge in [0.25, 0.3) is 0 Å². The minimum Gasteiger partial charge on any atom is -0.394 e. The van der Waals surface area contributed by atoms with Crippen molar-refractivity contribution >= 4 is 29.5 Å². The first-order valence-corrected chi connectivity index (χ1v) is 17.1. The Labute approximate surface area is 269 Å². The van der Waals surface area contributed by atoms with Gasteiger partial charge in [-0.1, -0.05) is 77.1 Å². The second kappa shape index (κ2) is 13.0. The molecule has 0 saturated carbocycles. The Morgan fingerprint density at radius 3 is 2.30 bits per heavy atom. The van der Waals surface area contributed by atoms with Gasteiger partial charge in [-0.25, -0.2) is 0 Å². The molecule has 3 amide bonds. The van der Waals surface area contributed by atoms with Gasteiger partial charge in [0.2, 0.25) is 17.7 Å². The number of aliphatic hydroxyl groups excluding tert-OH is 1. The Hall–Kier alpha value is -2.58. The summed E-state index contributed by atoms with van der Waals surface area (Å²) in [6.45, 7) is 23.7. The predicted octanol–water partition coefficient (Wildman–Crippen LogP) is 5.71. The molecule has 7 nitrogen and oxygen atoms in total. The number of hydrogen-bond donors (Lipinski definition) is 1. The van der Waals surface area contributed by atoms with Crippen molar-refractivity contribution in [2.24, 2.45) is 23.2 Å². The molecule has 3 heterocycles. The van der Waals surface area contributed by atoms with Crippen LogP contribution < -0.4 is 0 Å². The molecule has 1 aromatic carbocycles. The van der Waals surface area contributed by atoms with Gasteiger partial charge in [-0.05, 0) is 50.0 Å². The van der Waals surface area contributed by atoms with E-state index in [4.69, 9.17) is 0 Å². The average Bonchev–Trinajstić information content (AvgIpc) is 3.54. The van der Waals surface area contributed by atoms with Crippen molar-refractivity contribution in [3.8, 4) is 0 Å². The Morgan fingerprint density at radius 1 is 1.11 bits per heavy atom. The SMILES string of the molecule is C=CCN(CCC)C(=O)[C@@H]1[C@@H]2CC(C)C3(S2)C(C(=O)N(CC=C)C(C)(C)CC(C)(C)C)N([C@H](CO)c2ccccc2)C(=O)[C@H]13. The van der Waals surface area contributed by atoms with Gasteiger partial charge < -0.3 is 19.8 Å². The number of likely N-dealkylation sites (tertiary alicyclic amines) is 1. The van der Waals surface area contributed by atoms with Crippen LogP contribution in [0.1, 0.15) is 79.3 Å². The molecule has 44 heavy (non-hydrogen) atoms. The van der Waals surface area contributed by atoms with Gasteiger partial charge in [0.15, 0.2) is 0 Å². The largest absolute Gasteiger partial charge is 0.394 e. The molecular weight excluding hydrogens is 570 g/mol. The number of aliphatic hydroxyl groups is 1. The van der Waals surface area contributed by atoms with Gasteiger partial charge in [0.1, 0.15) is 6.04 Å². The van der Waals surface area contributed by atoms with Gasteiger partial charge in [0.05, 0.1) is 29.2 Å². The zero-order chi connectivity index (χ0) is 32.6. The van der Waals surface area contributed by atoms with Crippen molar-refractivity contribution in [1.82, 2.24) is 14.7 Å². The Kier molecular flexibility index (Phi) is 10.2. The normalized spacial score (nSPS) is 28.5. The maximum absolute atomic E-state index is 15.2. The summed E-state index contributed by atoms with van der Waals surface area (Å²) in [7, 11) is 0. The fourth-order valence-electron chi connectivity index (χ4n) is 8.62. The van der Waals surface area contributed by atoms with Crippen molar-refractivity contribution in [3.63, 3.8) is 0 Å². The molecule has 2 bridgehead atoms. The van der Waals surface area contributed by atoms with Crippen LogP contribution in [0.3, 0.4) is 0 Å². The molecule has 0 aliphatic carbocycles. The Balaban J connectivity index is 1.90. The summed E-state index contributed by atoms with van der Waals surface area (Å²) < 4.78 is -0.787. The fourth-order valence-corrected chi connectivity index (χ4v) is 11.0. The smallest absolute Gasteiger partial charge is 0.247 e. The summed E-state index contributed by atoms with van der Waals surface area (Å²) in [5, 5.41) is 10.8. The van der Waals surface area contributed by atoms with E-state index in [1.807, 2.05) is 47.1 Å². The van der Waals surface area contributed by atoms with E-state index in [0.29, 0.717) is 19.6 Å². The Morgan fingerprint density at radius 2 is 1.75 bits per heavy atom. The molecular formula is C36H53N3O4S. The third kappa shape index (κ3) is 5.89. The molecule has 242 valence electrons. The maximum atomic E-state index is 15.2. The van der Waals surface area contributed by atoms with Crippen LogP contribution in [0.5, 0.6) is 0 Å². The van der Waals surface area contributed by atoms with Crippen molar-refractivity contribution in [2.45, 2.75) is 95.3 Å². The highest BCUT2D eigenvalue weighted by molar-refractivity contribution is 8.02. The monoisotopic (exact) mass is 623 g/mol. The number of fused-ring (bicyclic) bond motifs is 1. The molecule has 3 aliphatic rings. The van der Waals surface area contributed by atoms with Crippen LogP contribution in [0.25, 0.3) is 0 Å². The molecule has 1 spiro atoms. The van der Waals surface area contributed by atoms with E-state index in [1.165, 1.54) is 0 Å². The molecule has 1 N–H and O–H groups in total. The van der Waals surface area contributed by atoms with E-state index >= 15 is 4.79 Å². The summed E-state index contributed by atoms with van der Waals surface area (Å²) in [4.78, 5) is 49.9. The van der Waals surface area contributed by atoms with E-state index in [9.17, 15) is 14.7 Å². The third-order valence-electron chi connectivity index (χ3n) is 9.82. The molecule has 3 aliphatic heterocycles. The molecule has 3 unspecified atom stereocenters. The quantitative estimate of drug-likeness (QED) is 0.285. The van der Waals surface area contributed by atoms with Crippen LogP contribution in [0.2, 0.25) is 0 Å². The first-order chi connectivity index (χ1) is 20.7. The zero-order valence-corrected chi connectivity index (χ0v) is 28.6. The Bertz CT molecular complexity index is 1240. The highest BCUT2D eigenvalue weighted by Gasteiger charge is 2.77. The summed E-state index contributed by atoms with van der Waals surface area (Å²) in [5.41, 5.74) is 0.193. The highest BCUT2D eigenvalue weighted by Crippen LogP contribution is 2.69. The highest BCUT2D eigenvalue weighted by atomic mass is 32.2. The predicted molar refractivity (Wildman–Crippen MR) is 179 cm³/mol.